The van der Waals surface area contributed by atoms with Crippen LogP contribution in [0.3, 0.4) is 0 Å². The van der Waals surface area contributed by atoms with Crippen LogP contribution in [0.4, 0.5) is 0 Å². The van der Waals surface area contributed by atoms with Crippen molar-refractivity contribution in [2.24, 2.45) is 0 Å². The van der Waals surface area contributed by atoms with Crippen LogP contribution >= 0.6 is 0 Å². The predicted octanol–water partition coefficient (Wildman–Crippen LogP) is 3.33. The second kappa shape index (κ2) is 9.73. The Kier molecular flexibility index (Phi) is 8.88. The van der Waals surface area contributed by atoms with Crippen LogP contribution in [0.15, 0.2) is 47.9 Å². The van der Waals surface area contributed by atoms with Crippen LogP contribution in [-0.2, 0) is 0 Å². The summed E-state index contributed by atoms with van der Waals surface area (Å²) in [5, 5.41) is 0. The van der Waals surface area contributed by atoms with Gasteiger partial charge >= 0.3 is 0 Å². The van der Waals surface area contributed by atoms with Crippen LogP contribution in [0.2, 0.25) is 0 Å². The van der Waals surface area contributed by atoms with E-state index in [9.17, 15) is 0 Å². The van der Waals surface area contributed by atoms with E-state index in [1.54, 1.807) is 6.08 Å². The van der Waals surface area contributed by atoms with Gasteiger partial charge in [-0.1, -0.05) is 37.3 Å². The van der Waals surface area contributed by atoms with Gasteiger partial charge in [0.25, 0.3) is 0 Å². The molecule has 0 atom stereocenters. The largest absolute Gasteiger partial charge is 0.311 e. The summed E-state index contributed by atoms with van der Waals surface area (Å²) in [7, 11) is 0. The van der Waals surface area contributed by atoms with E-state index in [1.165, 1.54) is 11.3 Å². The third-order valence-corrected chi connectivity index (χ3v) is 2.46. The number of hydrazine groups is 2. The number of rotatable bonds is 8. The lowest BCUT2D eigenvalue weighted by Crippen LogP contribution is -2.39. The Labute approximate surface area is 105 Å². The molecule has 96 valence electrons. The molecule has 0 aliphatic heterocycles. The standard InChI is InChI=1S/C14H25N3/c1-6-12(4)9-10-14(8-3)16-17-15-11-13(5)7-2/h6-7,10-11,15-17H,2,8-9H2,1,3-5H3/b12-6-,13-11-,14-10+. The zero-order chi connectivity index (χ0) is 13.1. The van der Waals surface area contributed by atoms with Crippen LogP contribution in [0, 0.1) is 0 Å². The molecule has 17 heavy (non-hydrogen) atoms. The minimum atomic E-state index is 0.968. The van der Waals surface area contributed by atoms with E-state index < -0.39 is 0 Å². The molecular formula is C14H25N3. The van der Waals surface area contributed by atoms with E-state index in [0.29, 0.717) is 0 Å². The monoisotopic (exact) mass is 235 g/mol. The molecule has 0 aromatic carbocycles. The van der Waals surface area contributed by atoms with Crippen molar-refractivity contribution >= 4 is 0 Å². The SMILES string of the molecule is C=C/C(C)=C\NNN/C(=C/C/C(C)=C\C)CC. The molecule has 0 bridgehead atoms. The third-order valence-electron chi connectivity index (χ3n) is 2.46. The van der Waals surface area contributed by atoms with Gasteiger partial charge in [-0.05, 0) is 39.2 Å². The van der Waals surface area contributed by atoms with E-state index >= 15 is 0 Å². The molecule has 0 fully saturated rings. The van der Waals surface area contributed by atoms with Crippen molar-refractivity contribution in [2.75, 3.05) is 0 Å². The van der Waals surface area contributed by atoms with Crippen LogP contribution < -0.4 is 16.4 Å². The molecule has 3 heteroatoms. The van der Waals surface area contributed by atoms with Gasteiger partial charge in [0.15, 0.2) is 0 Å². The summed E-state index contributed by atoms with van der Waals surface area (Å²) in [6.07, 6.45) is 9.91. The highest BCUT2D eigenvalue weighted by atomic mass is 15.6. The Bertz CT molecular complexity index is 311. The molecule has 0 saturated heterocycles. The molecule has 0 unspecified atom stereocenters. The van der Waals surface area contributed by atoms with Crippen LogP contribution in [0.1, 0.15) is 40.5 Å². The van der Waals surface area contributed by atoms with Crippen molar-refractivity contribution in [1.29, 1.82) is 0 Å². The molecular weight excluding hydrogens is 210 g/mol. The highest BCUT2D eigenvalue weighted by Gasteiger charge is 1.92. The molecule has 3 N–H and O–H groups in total. The maximum absolute atomic E-state index is 3.67. The molecule has 0 heterocycles. The normalized spacial score (nSPS) is 13.5. The van der Waals surface area contributed by atoms with E-state index in [0.717, 1.165) is 18.4 Å². The first-order chi connectivity index (χ1) is 8.13. The Morgan fingerprint density at radius 1 is 1.29 bits per heavy atom. The van der Waals surface area contributed by atoms with Gasteiger partial charge < -0.3 is 10.9 Å². The fraction of sp³-hybridized carbons (Fsp3) is 0.429. The van der Waals surface area contributed by atoms with E-state index in [2.05, 4.69) is 55.9 Å². The maximum Gasteiger partial charge on any atom is 0.0240 e. The van der Waals surface area contributed by atoms with Gasteiger partial charge in [-0.25, -0.2) is 0 Å². The summed E-state index contributed by atoms with van der Waals surface area (Å²) < 4.78 is 0. The molecule has 0 amide bonds. The van der Waals surface area contributed by atoms with Gasteiger partial charge in [-0.2, -0.15) is 5.53 Å². The number of allylic oxidation sites excluding steroid dienone is 6. The van der Waals surface area contributed by atoms with E-state index in [4.69, 9.17) is 0 Å². The number of nitrogens with one attached hydrogen (secondary N) is 3. The summed E-state index contributed by atoms with van der Waals surface area (Å²) in [4.78, 5) is 0. The Hall–Kier alpha value is -1.48. The molecule has 0 saturated carbocycles. The van der Waals surface area contributed by atoms with Crippen molar-refractivity contribution in [3.63, 3.8) is 0 Å². The topological polar surface area (TPSA) is 36.1 Å². The van der Waals surface area contributed by atoms with Crippen LogP contribution in [0.5, 0.6) is 0 Å². The van der Waals surface area contributed by atoms with Gasteiger partial charge in [0.2, 0.25) is 0 Å². The summed E-state index contributed by atoms with van der Waals surface area (Å²) in [6, 6.07) is 0. The molecule has 0 aliphatic carbocycles. The second-order valence-corrected chi connectivity index (χ2v) is 3.91. The average molecular weight is 235 g/mol. The zero-order valence-corrected chi connectivity index (χ0v) is 11.4. The van der Waals surface area contributed by atoms with Crippen molar-refractivity contribution in [3.05, 3.63) is 47.9 Å². The lowest BCUT2D eigenvalue weighted by Gasteiger charge is -2.11. The van der Waals surface area contributed by atoms with Gasteiger partial charge in [-0.3, -0.25) is 0 Å². The van der Waals surface area contributed by atoms with Gasteiger partial charge in [0.1, 0.15) is 0 Å². The van der Waals surface area contributed by atoms with Gasteiger partial charge in [-0.15, -0.1) is 0 Å². The summed E-state index contributed by atoms with van der Waals surface area (Å²) in [5.74, 6) is 0. The lowest BCUT2D eigenvalue weighted by atomic mass is 10.2. The quantitative estimate of drug-likeness (QED) is 0.261. The first-order valence-corrected chi connectivity index (χ1v) is 6.00. The van der Waals surface area contributed by atoms with Crippen LogP contribution in [0.25, 0.3) is 0 Å². The minimum Gasteiger partial charge on any atom is -0.311 e. The first-order valence-electron chi connectivity index (χ1n) is 6.00. The lowest BCUT2D eigenvalue weighted by molar-refractivity contribution is 0.531. The average Bonchev–Trinajstić information content (AvgIpc) is 2.36. The Morgan fingerprint density at radius 3 is 2.53 bits per heavy atom. The fourth-order valence-corrected chi connectivity index (χ4v) is 1.01. The maximum atomic E-state index is 3.67. The summed E-state index contributed by atoms with van der Waals surface area (Å²) in [6.45, 7) is 12.0. The van der Waals surface area contributed by atoms with Crippen molar-refractivity contribution in [2.45, 2.75) is 40.5 Å². The van der Waals surface area contributed by atoms with Crippen LogP contribution in [-0.4, -0.2) is 0 Å². The second-order valence-electron chi connectivity index (χ2n) is 3.91. The number of hydrogen-bond acceptors (Lipinski definition) is 3. The third kappa shape index (κ3) is 8.34. The van der Waals surface area contributed by atoms with E-state index in [1.807, 2.05) is 13.1 Å². The number of hydrogen-bond donors (Lipinski definition) is 3. The molecule has 0 aromatic rings. The fourth-order valence-electron chi connectivity index (χ4n) is 1.01. The predicted molar refractivity (Wildman–Crippen MR) is 75.8 cm³/mol. The molecule has 3 nitrogen and oxygen atoms in total. The smallest absolute Gasteiger partial charge is 0.0240 e. The van der Waals surface area contributed by atoms with Gasteiger partial charge in [0, 0.05) is 11.9 Å². The molecule has 0 rings (SSSR count). The van der Waals surface area contributed by atoms with Crippen molar-refractivity contribution in [3.8, 4) is 0 Å². The van der Waals surface area contributed by atoms with Crippen molar-refractivity contribution in [1.82, 2.24) is 16.4 Å². The van der Waals surface area contributed by atoms with Crippen molar-refractivity contribution < 1.29 is 0 Å². The summed E-state index contributed by atoms with van der Waals surface area (Å²) in [5.41, 5.74) is 12.6. The Morgan fingerprint density at radius 2 is 2.00 bits per heavy atom. The molecule has 0 radical (unpaired) electrons. The molecule has 0 aromatic heterocycles. The first kappa shape index (κ1) is 15.5. The minimum absolute atomic E-state index is 0.968. The highest BCUT2D eigenvalue weighted by molar-refractivity contribution is 5.11. The van der Waals surface area contributed by atoms with E-state index in [-0.39, 0.29) is 0 Å². The van der Waals surface area contributed by atoms with Gasteiger partial charge in [0.05, 0.1) is 0 Å². The zero-order valence-electron chi connectivity index (χ0n) is 11.4. The molecule has 0 spiro atoms. The highest BCUT2D eigenvalue weighted by Crippen LogP contribution is 2.04. The molecule has 0 aliphatic rings. The Balaban J connectivity index is 4.02. The summed E-state index contributed by atoms with van der Waals surface area (Å²) >= 11 is 0.